The van der Waals surface area contributed by atoms with Crippen molar-refractivity contribution in [2.45, 2.75) is 19.9 Å². The lowest BCUT2D eigenvalue weighted by Gasteiger charge is -2.29. The van der Waals surface area contributed by atoms with Gasteiger partial charge in [0.2, 0.25) is 5.82 Å². The molecule has 0 unspecified atom stereocenters. The summed E-state index contributed by atoms with van der Waals surface area (Å²) in [5, 5.41) is 19.3. The van der Waals surface area contributed by atoms with Crippen molar-refractivity contribution in [3.8, 4) is 0 Å². The molecule has 1 aromatic heterocycles. The minimum Gasteiger partial charge on any atom is -0.363 e. The van der Waals surface area contributed by atoms with Gasteiger partial charge in [-0.1, -0.05) is 23.7 Å². The lowest BCUT2D eigenvalue weighted by Crippen LogP contribution is -2.34. The van der Waals surface area contributed by atoms with Crippen LogP contribution in [0.3, 0.4) is 0 Å². The van der Waals surface area contributed by atoms with Gasteiger partial charge in [-0.15, -0.1) is 0 Å². The second-order valence-electron chi connectivity index (χ2n) is 5.99. The first-order valence-electron chi connectivity index (χ1n) is 7.88. The Morgan fingerprint density at radius 3 is 3.00 bits per heavy atom. The quantitative estimate of drug-likeness (QED) is 0.663. The molecule has 8 heteroatoms. The maximum Gasteiger partial charge on any atom is 0.333 e. The van der Waals surface area contributed by atoms with Crippen molar-refractivity contribution in [3.63, 3.8) is 0 Å². The lowest BCUT2D eigenvalue weighted by atomic mass is 10.00. The maximum absolute atomic E-state index is 11.2. The highest BCUT2D eigenvalue weighted by molar-refractivity contribution is 6.31. The molecule has 3 rings (SSSR count). The summed E-state index contributed by atoms with van der Waals surface area (Å²) < 4.78 is 1.53. The van der Waals surface area contributed by atoms with Crippen molar-refractivity contribution in [3.05, 3.63) is 50.2 Å². The third-order valence-corrected chi connectivity index (χ3v) is 4.74. The number of aryl methyl sites for hydroxylation is 2. The molecule has 128 valence electrons. The molecule has 1 N–H and O–H groups in total. The summed E-state index contributed by atoms with van der Waals surface area (Å²) in [6, 6.07) is 6.02. The largest absolute Gasteiger partial charge is 0.363 e. The molecule has 1 aromatic carbocycles. The van der Waals surface area contributed by atoms with Gasteiger partial charge < -0.3 is 5.32 Å². The second-order valence-corrected chi connectivity index (χ2v) is 6.40. The molecular formula is C16H20ClN5O2. The summed E-state index contributed by atoms with van der Waals surface area (Å²) in [5.41, 5.74) is 2.97. The smallest absolute Gasteiger partial charge is 0.333 e. The highest BCUT2D eigenvalue weighted by Crippen LogP contribution is 2.28. The Morgan fingerprint density at radius 2 is 2.25 bits per heavy atom. The average molecular weight is 350 g/mol. The summed E-state index contributed by atoms with van der Waals surface area (Å²) in [6.45, 7) is 4.85. The van der Waals surface area contributed by atoms with Gasteiger partial charge in [-0.25, -0.2) is 4.68 Å². The standard InChI is InChI=1S/C16H20ClN5O2/c1-11-15(22(23)24)16(20(2)19-11)18-7-9-21-8-6-13-12(10-21)4-3-5-14(13)17/h3-5,18H,6-10H2,1-2H3. The minimum absolute atomic E-state index is 0.0493. The normalized spacial score (nSPS) is 14.5. The van der Waals surface area contributed by atoms with E-state index in [-0.39, 0.29) is 10.6 Å². The SMILES string of the molecule is Cc1nn(C)c(NCCN2CCc3c(Cl)cccc3C2)c1[N+](=O)[O-]. The van der Waals surface area contributed by atoms with Gasteiger partial charge in [0, 0.05) is 38.2 Å². The fourth-order valence-electron chi connectivity index (χ4n) is 3.21. The summed E-state index contributed by atoms with van der Waals surface area (Å²) in [4.78, 5) is 13.1. The first kappa shape index (κ1) is 16.7. The molecule has 0 atom stereocenters. The Labute approximate surface area is 145 Å². The van der Waals surface area contributed by atoms with Crippen molar-refractivity contribution in [1.82, 2.24) is 14.7 Å². The van der Waals surface area contributed by atoms with Crippen LogP contribution >= 0.6 is 11.6 Å². The number of hydrogen-bond acceptors (Lipinski definition) is 5. The van der Waals surface area contributed by atoms with Crippen LogP contribution in [0.1, 0.15) is 16.8 Å². The Hall–Kier alpha value is -2.12. The predicted octanol–water partition coefficient (Wildman–Crippen LogP) is 2.76. The molecule has 0 spiro atoms. The molecule has 1 aliphatic heterocycles. The molecular weight excluding hydrogens is 330 g/mol. The molecule has 0 saturated heterocycles. The summed E-state index contributed by atoms with van der Waals surface area (Å²) in [5.74, 6) is 0.456. The van der Waals surface area contributed by atoms with Gasteiger partial charge in [0.25, 0.3) is 0 Å². The number of anilines is 1. The van der Waals surface area contributed by atoms with Gasteiger partial charge in [0.1, 0.15) is 5.69 Å². The van der Waals surface area contributed by atoms with Crippen molar-refractivity contribution in [2.75, 3.05) is 25.0 Å². The number of aromatic nitrogens is 2. The zero-order valence-electron chi connectivity index (χ0n) is 13.8. The van der Waals surface area contributed by atoms with E-state index in [4.69, 9.17) is 11.6 Å². The van der Waals surface area contributed by atoms with Gasteiger partial charge in [-0.3, -0.25) is 15.0 Å². The number of nitrogens with one attached hydrogen (secondary N) is 1. The molecule has 0 fully saturated rings. The number of rotatable bonds is 5. The molecule has 0 aliphatic carbocycles. The Bertz CT molecular complexity index is 774. The molecule has 0 radical (unpaired) electrons. The van der Waals surface area contributed by atoms with Crippen molar-refractivity contribution >= 4 is 23.1 Å². The zero-order chi connectivity index (χ0) is 17.3. The number of hydrogen-bond donors (Lipinski definition) is 1. The number of benzene rings is 1. The second kappa shape index (κ2) is 6.78. The van der Waals surface area contributed by atoms with Crippen LogP contribution in [0.5, 0.6) is 0 Å². The highest BCUT2D eigenvalue weighted by atomic mass is 35.5. The third-order valence-electron chi connectivity index (χ3n) is 4.38. The molecule has 2 heterocycles. The highest BCUT2D eigenvalue weighted by Gasteiger charge is 2.24. The molecule has 24 heavy (non-hydrogen) atoms. The van der Waals surface area contributed by atoms with Gasteiger partial charge in [0.05, 0.1) is 4.92 Å². The first-order valence-corrected chi connectivity index (χ1v) is 8.25. The fraction of sp³-hybridized carbons (Fsp3) is 0.438. The molecule has 2 aromatic rings. The molecule has 1 aliphatic rings. The van der Waals surface area contributed by atoms with Crippen LogP contribution in [-0.2, 0) is 20.0 Å². The lowest BCUT2D eigenvalue weighted by molar-refractivity contribution is -0.384. The molecule has 0 amide bonds. The van der Waals surface area contributed by atoms with Crippen LogP contribution in [-0.4, -0.2) is 39.2 Å². The van der Waals surface area contributed by atoms with E-state index in [1.807, 2.05) is 12.1 Å². The van der Waals surface area contributed by atoms with Crippen LogP contribution in [0.25, 0.3) is 0 Å². The molecule has 0 saturated carbocycles. The molecule has 0 bridgehead atoms. The van der Waals surface area contributed by atoms with Crippen LogP contribution in [0.4, 0.5) is 11.5 Å². The topological polar surface area (TPSA) is 76.2 Å². The Kier molecular flexibility index (Phi) is 4.73. The van der Waals surface area contributed by atoms with Gasteiger partial charge in [-0.2, -0.15) is 5.10 Å². The van der Waals surface area contributed by atoms with E-state index in [2.05, 4.69) is 21.4 Å². The number of halogens is 1. The van der Waals surface area contributed by atoms with Crippen molar-refractivity contribution in [2.24, 2.45) is 7.05 Å². The van der Waals surface area contributed by atoms with E-state index in [1.54, 1.807) is 14.0 Å². The van der Waals surface area contributed by atoms with Gasteiger partial charge in [0.15, 0.2) is 0 Å². The first-order chi connectivity index (χ1) is 11.5. The number of fused-ring (bicyclic) bond motifs is 1. The van der Waals surface area contributed by atoms with E-state index in [1.165, 1.54) is 15.8 Å². The van der Waals surface area contributed by atoms with E-state index < -0.39 is 0 Å². The van der Waals surface area contributed by atoms with E-state index in [0.717, 1.165) is 31.1 Å². The predicted molar refractivity (Wildman–Crippen MR) is 93.5 cm³/mol. The zero-order valence-corrected chi connectivity index (χ0v) is 14.5. The third kappa shape index (κ3) is 3.22. The number of nitrogens with zero attached hydrogens (tertiary/aromatic N) is 4. The maximum atomic E-state index is 11.2. The van der Waals surface area contributed by atoms with Crippen LogP contribution in [0.2, 0.25) is 5.02 Å². The van der Waals surface area contributed by atoms with E-state index in [0.29, 0.717) is 18.1 Å². The van der Waals surface area contributed by atoms with Crippen LogP contribution < -0.4 is 5.32 Å². The van der Waals surface area contributed by atoms with Gasteiger partial charge >= 0.3 is 5.69 Å². The van der Waals surface area contributed by atoms with Crippen LogP contribution in [0, 0.1) is 17.0 Å². The fourth-order valence-corrected chi connectivity index (χ4v) is 3.50. The van der Waals surface area contributed by atoms with E-state index >= 15 is 0 Å². The van der Waals surface area contributed by atoms with Crippen LogP contribution in [0.15, 0.2) is 18.2 Å². The summed E-state index contributed by atoms with van der Waals surface area (Å²) in [7, 11) is 1.71. The van der Waals surface area contributed by atoms with E-state index in [9.17, 15) is 10.1 Å². The Morgan fingerprint density at radius 1 is 1.46 bits per heavy atom. The molecule has 7 nitrogen and oxygen atoms in total. The number of nitro groups is 1. The Balaban J connectivity index is 1.61. The average Bonchev–Trinajstić information content (AvgIpc) is 2.81. The monoisotopic (exact) mass is 349 g/mol. The minimum atomic E-state index is -0.385. The summed E-state index contributed by atoms with van der Waals surface area (Å²) in [6.07, 6.45) is 0.931. The van der Waals surface area contributed by atoms with Gasteiger partial charge in [-0.05, 0) is 30.5 Å². The van der Waals surface area contributed by atoms with Crippen molar-refractivity contribution < 1.29 is 4.92 Å². The van der Waals surface area contributed by atoms with Crippen molar-refractivity contribution in [1.29, 1.82) is 0 Å². The summed E-state index contributed by atoms with van der Waals surface area (Å²) >= 11 is 6.24.